The number of nitrogens with zero attached hydrogens (tertiary/aromatic N) is 1. The molecule has 2 saturated carbocycles. The molecule has 2 heteroatoms. The topological polar surface area (TPSA) is 23.8 Å². The fraction of sp³-hybridized carbons (Fsp3) is 0.842. The molecule has 0 atom stereocenters. The first-order valence-corrected chi connectivity index (χ1v) is 8.98. The molecule has 0 saturated heterocycles. The lowest BCUT2D eigenvalue weighted by Gasteiger charge is -2.36. The zero-order valence-electron chi connectivity index (χ0n) is 13.3. The van der Waals surface area contributed by atoms with Crippen molar-refractivity contribution < 1.29 is 4.39 Å². The number of unbranched alkanes of at least 4 members (excludes halogenated alkanes) is 2. The molecule has 0 amide bonds. The predicted octanol–water partition coefficient (Wildman–Crippen LogP) is 6.17. The van der Waals surface area contributed by atoms with Crippen LogP contribution in [0.4, 0.5) is 4.39 Å². The largest absolute Gasteiger partial charge is 0.216 e. The number of allylic oxidation sites excluding steroid dienone is 1. The molecule has 0 aromatic carbocycles. The summed E-state index contributed by atoms with van der Waals surface area (Å²) in [5, 5.41) is 8.98. The van der Waals surface area contributed by atoms with Gasteiger partial charge in [-0.25, -0.2) is 4.39 Å². The highest BCUT2D eigenvalue weighted by Gasteiger charge is 2.30. The highest BCUT2D eigenvalue weighted by molar-refractivity contribution is 4.89. The van der Waals surface area contributed by atoms with Gasteiger partial charge in [0.05, 0.1) is 12.4 Å². The van der Waals surface area contributed by atoms with E-state index in [1.165, 1.54) is 51.4 Å². The van der Waals surface area contributed by atoms with Gasteiger partial charge in [0, 0.05) is 5.92 Å². The van der Waals surface area contributed by atoms with Crippen LogP contribution in [0.1, 0.15) is 77.0 Å². The average molecular weight is 291 g/mol. The fourth-order valence-corrected chi connectivity index (χ4v) is 4.43. The lowest BCUT2D eigenvalue weighted by atomic mass is 9.69. The Morgan fingerprint density at radius 3 is 2.10 bits per heavy atom. The number of rotatable bonds is 6. The van der Waals surface area contributed by atoms with Crippen molar-refractivity contribution in [3.05, 3.63) is 12.4 Å². The van der Waals surface area contributed by atoms with Gasteiger partial charge in [0.25, 0.3) is 0 Å². The zero-order chi connectivity index (χ0) is 14.9. The van der Waals surface area contributed by atoms with Crippen molar-refractivity contribution >= 4 is 0 Å². The van der Waals surface area contributed by atoms with Crippen molar-refractivity contribution in [3.8, 4) is 6.07 Å². The normalized spacial score (nSPS) is 33.9. The van der Waals surface area contributed by atoms with Gasteiger partial charge < -0.3 is 0 Å². The summed E-state index contributed by atoms with van der Waals surface area (Å²) in [7, 11) is 0. The van der Waals surface area contributed by atoms with Crippen molar-refractivity contribution in [3.63, 3.8) is 0 Å². The maximum Gasteiger partial charge on any atom is 0.0827 e. The van der Waals surface area contributed by atoms with Crippen LogP contribution in [0.5, 0.6) is 0 Å². The predicted molar refractivity (Wildman–Crippen MR) is 85.2 cm³/mol. The number of halogens is 1. The Hall–Kier alpha value is -0.840. The summed E-state index contributed by atoms with van der Waals surface area (Å²) in [4.78, 5) is 0. The van der Waals surface area contributed by atoms with E-state index < -0.39 is 0 Å². The van der Waals surface area contributed by atoms with Crippen LogP contribution in [-0.4, -0.2) is 0 Å². The van der Waals surface area contributed by atoms with Gasteiger partial charge in [-0.2, -0.15) is 5.26 Å². The second kappa shape index (κ2) is 9.23. The molecule has 0 aliphatic heterocycles. The van der Waals surface area contributed by atoms with E-state index >= 15 is 0 Å². The summed E-state index contributed by atoms with van der Waals surface area (Å²) in [6.07, 6.45) is 17.4. The number of nitriles is 1. The van der Waals surface area contributed by atoms with Gasteiger partial charge in [-0.05, 0) is 69.1 Å². The van der Waals surface area contributed by atoms with E-state index in [-0.39, 0.29) is 0 Å². The molecule has 2 aliphatic rings. The highest BCUT2D eigenvalue weighted by Crippen LogP contribution is 2.42. The van der Waals surface area contributed by atoms with E-state index in [1.54, 1.807) is 6.08 Å². The fourth-order valence-electron chi connectivity index (χ4n) is 4.43. The summed E-state index contributed by atoms with van der Waals surface area (Å²) in [6, 6.07) is 2.44. The molecular weight excluding hydrogens is 261 g/mol. The second-order valence-electron chi connectivity index (χ2n) is 7.17. The summed E-state index contributed by atoms with van der Waals surface area (Å²) in [5.41, 5.74) is 0. The van der Waals surface area contributed by atoms with Crippen molar-refractivity contribution in [2.45, 2.75) is 77.0 Å². The quantitative estimate of drug-likeness (QED) is 0.537. The molecule has 0 radical (unpaired) electrons. The summed E-state index contributed by atoms with van der Waals surface area (Å²) < 4.78 is 11.8. The van der Waals surface area contributed by atoms with Gasteiger partial charge in [0.1, 0.15) is 0 Å². The zero-order valence-corrected chi connectivity index (χ0v) is 13.3. The molecule has 2 rings (SSSR count). The molecule has 0 bridgehead atoms. The van der Waals surface area contributed by atoms with E-state index in [2.05, 4.69) is 6.07 Å². The minimum Gasteiger partial charge on any atom is -0.216 e. The Kier molecular flexibility index (Phi) is 7.27. The van der Waals surface area contributed by atoms with Crippen LogP contribution >= 0.6 is 0 Å². The maximum absolute atomic E-state index is 11.8. The van der Waals surface area contributed by atoms with Gasteiger partial charge in [-0.3, -0.25) is 0 Å². The molecule has 21 heavy (non-hydrogen) atoms. The van der Waals surface area contributed by atoms with Gasteiger partial charge >= 0.3 is 0 Å². The smallest absolute Gasteiger partial charge is 0.0827 e. The monoisotopic (exact) mass is 291 g/mol. The number of hydrogen-bond acceptors (Lipinski definition) is 1. The molecular formula is C19H30FN. The van der Waals surface area contributed by atoms with Crippen molar-refractivity contribution in [1.82, 2.24) is 0 Å². The first-order valence-electron chi connectivity index (χ1n) is 8.98. The van der Waals surface area contributed by atoms with Crippen LogP contribution in [0.15, 0.2) is 12.4 Å². The molecule has 0 aromatic heterocycles. The molecule has 1 nitrogen and oxygen atoms in total. The molecule has 2 aliphatic carbocycles. The minimum atomic E-state index is 0.343. The first-order chi connectivity index (χ1) is 10.3. The Morgan fingerprint density at radius 2 is 1.52 bits per heavy atom. The van der Waals surface area contributed by atoms with E-state index in [0.717, 1.165) is 43.4 Å². The lowest BCUT2D eigenvalue weighted by molar-refractivity contribution is 0.152. The Balaban J connectivity index is 1.59. The van der Waals surface area contributed by atoms with Crippen LogP contribution in [0.2, 0.25) is 0 Å². The number of hydrogen-bond donors (Lipinski definition) is 0. The Morgan fingerprint density at radius 1 is 0.905 bits per heavy atom. The van der Waals surface area contributed by atoms with Crippen molar-refractivity contribution in [1.29, 1.82) is 5.26 Å². The van der Waals surface area contributed by atoms with Gasteiger partial charge in [0.2, 0.25) is 0 Å². The summed E-state index contributed by atoms with van der Waals surface area (Å²) >= 11 is 0. The minimum absolute atomic E-state index is 0.343. The van der Waals surface area contributed by atoms with Crippen LogP contribution in [0, 0.1) is 35.0 Å². The standard InChI is InChI=1S/C19H30FN/c20-14-4-2-1-3-5-16-6-10-18(11-7-16)19-12-8-17(15-21)9-13-19/h4,14,16-19H,1-3,5-13H2/b14-4+. The third kappa shape index (κ3) is 5.46. The van der Waals surface area contributed by atoms with Gasteiger partial charge in [-0.15, -0.1) is 0 Å². The molecule has 2 fully saturated rings. The average Bonchev–Trinajstić information content (AvgIpc) is 2.55. The van der Waals surface area contributed by atoms with Gasteiger partial charge in [-0.1, -0.05) is 31.8 Å². The van der Waals surface area contributed by atoms with Gasteiger partial charge in [0.15, 0.2) is 0 Å². The molecule has 118 valence electrons. The van der Waals surface area contributed by atoms with E-state index in [0.29, 0.717) is 12.2 Å². The molecule has 0 heterocycles. The second-order valence-corrected chi connectivity index (χ2v) is 7.17. The Bertz CT molecular complexity index is 341. The third-order valence-electron chi connectivity index (χ3n) is 5.83. The van der Waals surface area contributed by atoms with Crippen LogP contribution < -0.4 is 0 Å². The van der Waals surface area contributed by atoms with E-state index in [9.17, 15) is 4.39 Å². The molecule has 0 N–H and O–H groups in total. The SMILES string of the molecule is N#CC1CCC(C2CCC(CCCC/C=C/F)CC2)CC1. The van der Waals surface area contributed by atoms with Crippen molar-refractivity contribution in [2.75, 3.05) is 0 Å². The summed E-state index contributed by atoms with van der Waals surface area (Å²) in [6.45, 7) is 0. The third-order valence-corrected chi connectivity index (χ3v) is 5.83. The lowest BCUT2D eigenvalue weighted by Crippen LogP contribution is -2.25. The molecule has 0 unspecified atom stereocenters. The van der Waals surface area contributed by atoms with Crippen molar-refractivity contribution in [2.24, 2.45) is 23.7 Å². The molecule has 0 spiro atoms. The first kappa shape index (κ1) is 16.5. The van der Waals surface area contributed by atoms with Crippen LogP contribution in [0.3, 0.4) is 0 Å². The molecule has 0 aromatic rings. The Labute approximate surface area is 129 Å². The van der Waals surface area contributed by atoms with Crippen LogP contribution in [0.25, 0.3) is 0 Å². The highest BCUT2D eigenvalue weighted by atomic mass is 19.1. The maximum atomic E-state index is 11.8. The van der Waals surface area contributed by atoms with Crippen LogP contribution in [-0.2, 0) is 0 Å². The summed E-state index contributed by atoms with van der Waals surface area (Å²) in [5.74, 6) is 3.11. The van der Waals surface area contributed by atoms with E-state index in [4.69, 9.17) is 5.26 Å². The van der Waals surface area contributed by atoms with E-state index in [1.807, 2.05) is 0 Å².